The molecular formula is C66H107N15O13. The highest BCUT2D eigenvalue weighted by Crippen LogP contribution is 2.20. The summed E-state index contributed by atoms with van der Waals surface area (Å²) in [6.07, 6.45) is 4.81. The largest absolute Gasteiger partial charge is 0.481 e. The number of aromatic nitrogens is 1. The number of benzene rings is 2. The van der Waals surface area contributed by atoms with Crippen molar-refractivity contribution in [3.63, 3.8) is 0 Å². The molecule has 0 unspecified atom stereocenters. The summed E-state index contributed by atoms with van der Waals surface area (Å²) in [7, 11) is 0. The fraction of sp³-hybridized carbons (Fsp3) is 0.621. The SMILES string of the molecule is CC[C@H](C)[C@H](NC(=O)[C@H](CCCCN)NC(=O)[C@H](CCCCN)NC(=O)[C@H](Cc1ccccc1)NC(=O)[C@H](CC(C)C)NC(=O)[C@H](CCCCN)NC(=O)[C@@H](N)Cc1c[nH]c2ccccc12)C(=O)N[C@@H](CCC(=O)O)C(=O)N[C@@H](CCCCN)C(=O)N[C@H](C(=O)O)C(C)C. The van der Waals surface area contributed by atoms with Gasteiger partial charge in [-0.25, -0.2) is 4.79 Å². The van der Waals surface area contributed by atoms with Crippen molar-refractivity contribution >= 4 is 76.0 Å². The Kier molecular flexibility index (Phi) is 36.7. The average Bonchev–Trinajstić information content (AvgIpc) is 1.61. The van der Waals surface area contributed by atoms with Gasteiger partial charge < -0.3 is 91.7 Å². The van der Waals surface area contributed by atoms with E-state index in [-0.39, 0.29) is 70.5 Å². The van der Waals surface area contributed by atoms with Crippen LogP contribution < -0.4 is 76.5 Å². The van der Waals surface area contributed by atoms with E-state index in [1.165, 1.54) is 0 Å². The van der Waals surface area contributed by atoms with Gasteiger partial charge in [-0.15, -0.1) is 0 Å². The molecule has 0 aliphatic rings. The summed E-state index contributed by atoms with van der Waals surface area (Å²) < 4.78 is 0. The molecule has 9 amide bonds. The quantitative estimate of drug-likeness (QED) is 0.0349. The van der Waals surface area contributed by atoms with E-state index in [1.807, 2.05) is 38.1 Å². The molecule has 3 aromatic rings. The van der Waals surface area contributed by atoms with Crippen molar-refractivity contribution in [3.05, 3.63) is 71.9 Å². The number of aromatic amines is 1. The van der Waals surface area contributed by atoms with Crippen LogP contribution in [0.2, 0.25) is 0 Å². The number of nitrogens with one attached hydrogen (secondary N) is 10. The molecule has 0 bridgehead atoms. The number of nitrogens with two attached hydrogens (primary N) is 5. The van der Waals surface area contributed by atoms with Gasteiger partial charge in [-0.05, 0) is 157 Å². The second-order valence-corrected chi connectivity index (χ2v) is 24.9. The molecule has 0 spiro atoms. The van der Waals surface area contributed by atoms with E-state index in [0.29, 0.717) is 69.9 Å². The van der Waals surface area contributed by atoms with Crippen LogP contribution in [0.25, 0.3) is 10.9 Å². The number of H-pyrrole nitrogens is 1. The zero-order valence-electron chi connectivity index (χ0n) is 55.6. The first-order valence-corrected chi connectivity index (χ1v) is 33.1. The first-order valence-electron chi connectivity index (χ1n) is 33.1. The maximum Gasteiger partial charge on any atom is 0.326 e. The van der Waals surface area contributed by atoms with E-state index in [1.54, 1.807) is 64.2 Å². The van der Waals surface area contributed by atoms with Crippen LogP contribution in [0.3, 0.4) is 0 Å². The lowest BCUT2D eigenvalue weighted by Crippen LogP contribution is -2.61. The second kappa shape index (κ2) is 43.0. The minimum atomic E-state index is -1.57. The Morgan fingerprint density at radius 2 is 0.840 bits per heavy atom. The van der Waals surface area contributed by atoms with Gasteiger partial charge in [-0.2, -0.15) is 0 Å². The van der Waals surface area contributed by atoms with Gasteiger partial charge in [0.15, 0.2) is 0 Å². The maximum absolute atomic E-state index is 14.8. The van der Waals surface area contributed by atoms with Gasteiger partial charge in [-0.3, -0.25) is 47.9 Å². The topological polar surface area (TPSA) is 482 Å². The molecule has 0 fully saturated rings. The third-order valence-corrected chi connectivity index (χ3v) is 16.3. The highest BCUT2D eigenvalue weighted by atomic mass is 16.4. The molecule has 0 aliphatic carbocycles. The summed E-state index contributed by atoms with van der Waals surface area (Å²) in [5.41, 5.74) is 32.0. The predicted octanol–water partition coefficient (Wildman–Crippen LogP) is 0.857. The average molecular weight is 1320 g/mol. The van der Waals surface area contributed by atoms with Crippen LogP contribution in [0, 0.1) is 17.8 Å². The Morgan fingerprint density at radius 3 is 1.29 bits per heavy atom. The zero-order chi connectivity index (χ0) is 69.9. The smallest absolute Gasteiger partial charge is 0.326 e. The number of aliphatic carboxylic acids is 2. The van der Waals surface area contributed by atoms with Crippen LogP contribution in [0.15, 0.2) is 60.8 Å². The van der Waals surface area contributed by atoms with Gasteiger partial charge in [0, 0.05) is 29.9 Å². The molecule has 0 radical (unpaired) electrons. The molecule has 11 atom stereocenters. The van der Waals surface area contributed by atoms with Crippen LogP contribution in [0.1, 0.15) is 155 Å². The summed E-state index contributed by atoms with van der Waals surface area (Å²) in [6.45, 7) is 11.3. The zero-order valence-corrected chi connectivity index (χ0v) is 55.6. The predicted molar refractivity (Wildman–Crippen MR) is 357 cm³/mol. The first kappa shape index (κ1) is 80.2. The van der Waals surface area contributed by atoms with Crippen LogP contribution in [-0.4, -0.2) is 167 Å². The van der Waals surface area contributed by atoms with Crippen LogP contribution in [-0.2, 0) is 65.6 Å². The van der Waals surface area contributed by atoms with E-state index in [4.69, 9.17) is 28.7 Å². The number of para-hydroxylation sites is 1. The van der Waals surface area contributed by atoms with Crippen LogP contribution in [0.5, 0.6) is 0 Å². The molecule has 1 aromatic heterocycles. The molecule has 94 heavy (non-hydrogen) atoms. The summed E-state index contributed by atoms with van der Waals surface area (Å²) in [6, 6.07) is 3.42. The van der Waals surface area contributed by atoms with E-state index < -0.39 is 150 Å². The minimum Gasteiger partial charge on any atom is -0.481 e. The summed E-state index contributed by atoms with van der Waals surface area (Å²) in [5.74, 6) is -10.9. The van der Waals surface area contributed by atoms with Crippen LogP contribution in [0.4, 0.5) is 0 Å². The molecule has 2 aromatic carbocycles. The number of unbranched alkanes of at least 4 members (excludes halogenated alkanes) is 4. The van der Waals surface area contributed by atoms with Gasteiger partial charge in [0.1, 0.15) is 54.4 Å². The number of amides is 9. The number of carboxylic acids is 2. The molecule has 28 heteroatoms. The molecule has 3 rings (SSSR count). The molecule has 0 saturated heterocycles. The highest BCUT2D eigenvalue weighted by molar-refractivity contribution is 5.99. The van der Waals surface area contributed by atoms with Crippen molar-refractivity contribution in [2.45, 2.75) is 218 Å². The van der Waals surface area contributed by atoms with Gasteiger partial charge in [0.2, 0.25) is 53.2 Å². The van der Waals surface area contributed by atoms with Crippen molar-refractivity contribution in [1.82, 2.24) is 52.8 Å². The standard InChI is InChI=1S/C66H107N15O13/c1-7-41(6)56(65(92)77-51(29-30-54(82)83)60(87)75-49(27-15-19-33-69)61(88)80-55(40(4)5)66(93)94)81-62(89)50(28-16-20-34-70)74-58(85)48(26-14-18-32-68)76-64(91)53(36-42-21-9-8-10-22-42)79-63(90)52(35-39(2)3)78-59(86)47(25-13-17-31-67)73-57(84)45(71)37-43-38-72-46-24-12-11-23-44(43)46/h8-12,21-24,38-41,45,47-53,55-56,72H,7,13-20,25-37,67-71H2,1-6H3,(H,73,84)(H,74,85)(H,75,87)(H,76,91)(H,77,92)(H,78,86)(H,79,90)(H,80,88)(H,81,89)(H,82,83)(H,93,94)/t41-,45-,47-,48-,49-,50-,51-,52-,53-,55-,56-/m0/s1. The first-order chi connectivity index (χ1) is 44.8. The summed E-state index contributed by atoms with van der Waals surface area (Å²) in [4.78, 5) is 156. The molecule has 0 saturated carbocycles. The molecule has 28 nitrogen and oxygen atoms in total. The normalized spacial score (nSPS) is 14.9. The van der Waals surface area contributed by atoms with Gasteiger partial charge in [0.05, 0.1) is 6.04 Å². The van der Waals surface area contributed by atoms with E-state index >= 15 is 0 Å². The number of hydrogen-bond acceptors (Lipinski definition) is 16. The van der Waals surface area contributed by atoms with E-state index in [0.717, 1.165) is 16.5 Å². The Hall–Kier alpha value is -8.05. The number of carboxylic acid groups (broad SMARTS) is 2. The van der Waals surface area contributed by atoms with Crippen molar-refractivity contribution < 1.29 is 63.0 Å². The summed E-state index contributed by atoms with van der Waals surface area (Å²) >= 11 is 0. The van der Waals surface area contributed by atoms with E-state index in [2.05, 4.69) is 52.8 Å². The van der Waals surface area contributed by atoms with Crippen molar-refractivity contribution in [2.24, 2.45) is 46.4 Å². The molecule has 22 N–H and O–H groups in total. The molecule has 0 aliphatic heterocycles. The second-order valence-electron chi connectivity index (χ2n) is 24.9. The van der Waals surface area contributed by atoms with Gasteiger partial charge >= 0.3 is 11.9 Å². The van der Waals surface area contributed by atoms with Crippen molar-refractivity contribution in [2.75, 3.05) is 26.2 Å². The third kappa shape index (κ3) is 28.3. The fourth-order valence-electron chi connectivity index (χ4n) is 10.6. The Morgan fingerprint density at radius 1 is 0.447 bits per heavy atom. The molecule has 1 heterocycles. The number of carbonyl (C=O) groups excluding carboxylic acids is 9. The van der Waals surface area contributed by atoms with Crippen LogP contribution >= 0.6 is 0 Å². The van der Waals surface area contributed by atoms with Crippen molar-refractivity contribution in [1.29, 1.82) is 0 Å². The number of carbonyl (C=O) groups is 11. The lowest BCUT2D eigenvalue weighted by Gasteiger charge is -2.30. The Labute approximate surface area is 551 Å². The minimum absolute atomic E-state index is 0.00883. The molecule has 524 valence electrons. The third-order valence-electron chi connectivity index (χ3n) is 16.3. The molecular weight excluding hydrogens is 1210 g/mol. The number of rotatable bonds is 47. The van der Waals surface area contributed by atoms with Gasteiger partial charge in [-0.1, -0.05) is 96.5 Å². The monoisotopic (exact) mass is 1320 g/mol. The Balaban J connectivity index is 1.95. The summed E-state index contributed by atoms with van der Waals surface area (Å²) in [5, 5.41) is 44.7. The highest BCUT2D eigenvalue weighted by Gasteiger charge is 2.37. The maximum atomic E-state index is 14.8. The Bertz CT molecular complexity index is 2890. The lowest BCUT2D eigenvalue weighted by molar-refractivity contribution is -0.143. The van der Waals surface area contributed by atoms with Crippen molar-refractivity contribution in [3.8, 4) is 0 Å². The number of hydrogen-bond donors (Lipinski definition) is 17. The van der Waals surface area contributed by atoms with Gasteiger partial charge in [0.25, 0.3) is 0 Å². The number of fused-ring (bicyclic) bond motifs is 1. The fourth-order valence-corrected chi connectivity index (χ4v) is 10.6. The lowest BCUT2D eigenvalue weighted by atomic mass is 9.96. The van der Waals surface area contributed by atoms with E-state index in [9.17, 15) is 63.0 Å².